The molecule has 1 radical (unpaired) electrons. The van der Waals surface area contributed by atoms with Crippen molar-refractivity contribution in [1.82, 2.24) is 0 Å². The van der Waals surface area contributed by atoms with E-state index in [1.54, 1.807) is 0 Å². The molecule has 0 bridgehead atoms. The summed E-state index contributed by atoms with van der Waals surface area (Å²) in [4.78, 5) is 0. The molecule has 17 heavy (non-hydrogen) atoms. The first-order chi connectivity index (χ1) is 8.24. The van der Waals surface area contributed by atoms with Gasteiger partial charge in [0, 0.05) is 0 Å². The average molecular weight is 237 g/mol. The largest absolute Gasteiger partial charge is 0.229 e. The standard InChI is InChI=1S/C16H29O/c1-2-16(17,15-11-7-4-8-12-15)13-14-9-5-3-6-10-14/h14-15H,2-13H2,1H3. The molecule has 0 spiro atoms. The van der Waals surface area contributed by atoms with E-state index in [4.69, 9.17) is 0 Å². The number of rotatable bonds is 4. The molecule has 0 heterocycles. The highest BCUT2D eigenvalue weighted by molar-refractivity contribution is 4.89. The predicted octanol–water partition coefficient (Wildman–Crippen LogP) is 5.12. The first kappa shape index (κ1) is 13.4. The summed E-state index contributed by atoms with van der Waals surface area (Å²) in [6.45, 7) is 2.13. The normalized spacial score (nSPS) is 27.9. The van der Waals surface area contributed by atoms with Gasteiger partial charge in [0.1, 0.15) is 5.60 Å². The van der Waals surface area contributed by atoms with Crippen molar-refractivity contribution in [1.29, 1.82) is 0 Å². The maximum atomic E-state index is 13.1. The molecule has 0 aromatic heterocycles. The third-order valence-electron chi connectivity index (χ3n) is 5.31. The lowest BCUT2D eigenvalue weighted by Crippen LogP contribution is -2.39. The highest BCUT2D eigenvalue weighted by Crippen LogP contribution is 2.41. The molecule has 1 heteroatoms. The highest BCUT2D eigenvalue weighted by Gasteiger charge is 2.39. The van der Waals surface area contributed by atoms with Crippen LogP contribution in [0.25, 0.3) is 0 Å². The summed E-state index contributed by atoms with van der Waals surface area (Å²) in [6, 6.07) is 0. The fourth-order valence-electron chi connectivity index (χ4n) is 4.11. The molecule has 0 saturated heterocycles. The van der Waals surface area contributed by atoms with Gasteiger partial charge < -0.3 is 0 Å². The molecule has 2 fully saturated rings. The van der Waals surface area contributed by atoms with E-state index in [-0.39, 0.29) is 0 Å². The van der Waals surface area contributed by atoms with E-state index in [0.717, 1.165) is 18.8 Å². The highest BCUT2D eigenvalue weighted by atomic mass is 16.3. The third-order valence-corrected chi connectivity index (χ3v) is 5.31. The maximum Gasteiger partial charge on any atom is 0.106 e. The zero-order valence-corrected chi connectivity index (χ0v) is 11.5. The summed E-state index contributed by atoms with van der Waals surface area (Å²) in [7, 11) is 0. The van der Waals surface area contributed by atoms with Gasteiger partial charge in [-0.05, 0) is 37.5 Å². The molecule has 0 N–H and O–H groups in total. The molecule has 2 aliphatic carbocycles. The fourth-order valence-corrected chi connectivity index (χ4v) is 4.11. The van der Waals surface area contributed by atoms with Crippen LogP contribution in [0.3, 0.4) is 0 Å². The first-order valence-corrected chi connectivity index (χ1v) is 7.95. The van der Waals surface area contributed by atoms with Crippen LogP contribution in [0.1, 0.15) is 84.0 Å². The molecule has 0 amide bonds. The van der Waals surface area contributed by atoms with E-state index in [1.807, 2.05) is 0 Å². The Morgan fingerprint density at radius 2 is 1.41 bits per heavy atom. The van der Waals surface area contributed by atoms with Gasteiger partial charge in [0.2, 0.25) is 0 Å². The molecule has 99 valence electrons. The van der Waals surface area contributed by atoms with Crippen molar-refractivity contribution in [3.8, 4) is 0 Å². The van der Waals surface area contributed by atoms with E-state index in [2.05, 4.69) is 6.92 Å². The van der Waals surface area contributed by atoms with E-state index < -0.39 is 5.60 Å². The summed E-state index contributed by atoms with van der Waals surface area (Å²) < 4.78 is 0. The van der Waals surface area contributed by atoms with Crippen LogP contribution in [-0.2, 0) is 5.11 Å². The third kappa shape index (κ3) is 3.47. The molecule has 2 rings (SSSR count). The molecular weight excluding hydrogens is 208 g/mol. The van der Waals surface area contributed by atoms with Gasteiger partial charge in [0.05, 0.1) is 0 Å². The number of hydrogen-bond acceptors (Lipinski definition) is 0. The Hall–Kier alpha value is -0.0400. The monoisotopic (exact) mass is 237 g/mol. The number of hydrogen-bond donors (Lipinski definition) is 0. The van der Waals surface area contributed by atoms with Gasteiger partial charge in [-0.15, -0.1) is 0 Å². The lowest BCUT2D eigenvalue weighted by molar-refractivity contribution is -0.109. The molecule has 1 nitrogen and oxygen atoms in total. The van der Waals surface area contributed by atoms with Gasteiger partial charge >= 0.3 is 0 Å². The van der Waals surface area contributed by atoms with Gasteiger partial charge in [-0.1, -0.05) is 58.3 Å². The minimum absolute atomic E-state index is 0.489. The smallest absolute Gasteiger partial charge is 0.106 e. The van der Waals surface area contributed by atoms with Crippen LogP contribution in [0.2, 0.25) is 0 Å². The lowest BCUT2D eigenvalue weighted by Gasteiger charge is -2.39. The Morgan fingerprint density at radius 1 is 0.882 bits per heavy atom. The summed E-state index contributed by atoms with van der Waals surface area (Å²) >= 11 is 0. The van der Waals surface area contributed by atoms with Crippen molar-refractivity contribution < 1.29 is 5.11 Å². The summed E-state index contributed by atoms with van der Waals surface area (Å²) in [5, 5.41) is 13.1. The molecule has 1 unspecified atom stereocenters. The van der Waals surface area contributed by atoms with Crippen molar-refractivity contribution in [3.63, 3.8) is 0 Å². The molecule has 0 aromatic carbocycles. The van der Waals surface area contributed by atoms with Crippen LogP contribution in [0, 0.1) is 11.8 Å². The van der Waals surface area contributed by atoms with Gasteiger partial charge in [-0.25, -0.2) is 5.11 Å². The van der Waals surface area contributed by atoms with Gasteiger partial charge in [-0.3, -0.25) is 0 Å². The predicted molar refractivity (Wildman–Crippen MR) is 71.5 cm³/mol. The fraction of sp³-hybridized carbons (Fsp3) is 1.00. The van der Waals surface area contributed by atoms with E-state index in [9.17, 15) is 5.11 Å². The summed E-state index contributed by atoms with van der Waals surface area (Å²) in [5.74, 6) is 1.24. The second kappa shape index (κ2) is 6.22. The molecular formula is C16H29O. The van der Waals surface area contributed by atoms with Crippen molar-refractivity contribution in [3.05, 3.63) is 0 Å². The summed E-state index contributed by atoms with van der Waals surface area (Å²) in [5.41, 5.74) is -0.581. The lowest BCUT2D eigenvalue weighted by atomic mass is 9.69. The Balaban J connectivity index is 1.91. The average Bonchev–Trinajstić information content (AvgIpc) is 2.41. The van der Waals surface area contributed by atoms with Crippen molar-refractivity contribution >= 4 is 0 Å². The first-order valence-electron chi connectivity index (χ1n) is 7.95. The van der Waals surface area contributed by atoms with Gasteiger partial charge in [0.15, 0.2) is 0 Å². The minimum atomic E-state index is -0.581. The Morgan fingerprint density at radius 3 is 1.94 bits per heavy atom. The zero-order valence-electron chi connectivity index (χ0n) is 11.5. The molecule has 2 aliphatic rings. The minimum Gasteiger partial charge on any atom is -0.229 e. The quantitative estimate of drug-likeness (QED) is 0.647. The SMILES string of the molecule is CCC([O])(CC1CCCCC1)C1CCCCC1. The van der Waals surface area contributed by atoms with E-state index in [0.29, 0.717) is 5.92 Å². The van der Waals surface area contributed by atoms with Crippen LogP contribution < -0.4 is 0 Å². The van der Waals surface area contributed by atoms with Crippen LogP contribution in [0.15, 0.2) is 0 Å². The maximum absolute atomic E-state index is 13.1. The Labute approximate surface area is 107 Å². The second-order valence-electron chi connectivity index (χ2n) is 6.46. The van der Waals surface area contributed by atoms with Crippen LogP contribution in [-0.4, -0.2) is 5.60 Å². The van der Waals surface area contributed by atoms with Crippen molar-refractivity contribution in [2.24, 2.45) is 11.8 Å². The Kier molecular flexibility index (Phi) is 4.90. The molecule has 2 saturated carbocycles. The van der Waals surface area contributed by atoms with E-state index in [1.165, 1.54) is 64.2 Å². The van der Waals surface area contributed by atoms with Crippen LogP contribution in [0.5, 0.6) is 0 Å². The van der Waals surface area contributed by atoms with Crippen LogP contribution >= 0.6 is 0 Å². The van der Waals surface area contributed by atoms with E-state index >= 15 is 0 Å². The van der Waals surface area contributed by atoms with Crippen molar-refractivity contribution in [2.45, 2.75) is 89.6 Å². The topological polar surface area (TPSA) is 19.9 Å². The molecule has 1 atom stereocenters. The molecule has 0 aromatic rings. The van der Waals surface area contributed by atoms with Gasteiger partial charge in [-0.2, -0.15) is 0 Å². The second-order valence-corrected chi connectivity index (χ2v) is 6.46. The zero-order chi connectivity index (χ0) is 12.1. The molecule has 0 aliphatic heterocycles. The van der Waals surface area contributed by atoms with Gasteiger partial charge in [0.25, 0.3) is 0 Å². The summed E-state index contributed by atoms with van der Waals surface area (Å²) in [6.07, 6.45) is 15.0. The van der Waals surface area contributed by atoms with Crippen molar-refractivity contribution in [2.75, 3.05) is 0 Å². The Bertz CT molecular complexity index is 214. The van der Waals surface area contributed by atoms with Crippen LogP contribution in [0.4, 0.5) is 0 Å².